The van der Waals surface area contributed by atoms with Crippen molar-refractivity contribution in [2.75, 3.05) is 13.2 Å². The maximum atomic E-state index is 12.7. The topological polar surface area (TPSA) is 78.9 Å². The van der Waals surface area contributed by atoms with Gasteiger partial charge in [-0.25, -0.2) is 0 Å². The predicted molar refractivity (Wildman–Crippen MR) is 229 cm³/mol. The fourth-order valence-corrected chi connectivity index (χ4v) is 6.50. The van der Waals surface area contributed by atoms with Gasteiger partial charge in [0.2, 0.25) is 0 Å². The fraction of sp³-hybridized carbons (Fsp3) is 0.812. The van der Waals surface area contributed by atoms with Crippen LogP contribution in [0.2, 0.25) is 0 Å². The monoisotopic (exact) mass is 759 g/mol. The summed E-state index contributed by atoms with van der Waals surface area (Å²) in [4.78, 5) is 37.7. The van der Waals surface area contributed by atoms with E-state index < -0.39 is 6.10 Å². The molecule has 0 N–H and O–H groups in total. The lowest BCUT2D eigenvalue weighted by atomic mass is 10.0. The van der Waals surface area contributed by atoms with Crippen molar-refractivity contribution in [2.24, 2.45) is 0 Å². The number of carbonyl (C=O) groups excluding carboxylic acids is 3. The molecule has 0 saturated heterocycles. The van der Waals surface area contributed by atoms with E-state index in [9.17, 15) is 14.4 Å². The van der Waals surface area contributed by atoms with Crippen molar-refractivity contribution in [2.45, 2.75) is 239 Å². The molecule has 0 aliphatic carbocycles. The van der Waals surface area contributed by atoms with Crippen molar-refractivity contribution in [3.05, 3.63) is 36.5 Å². The van der Waals surface area contributed by atoms with E-state index in [-0.39, 0.29) is 31.1 Å². The number of allylic oxidation sites excluding steroid dienone is 6. The Morgan fingerprint density at radius 3 is 1.11 bits per heavy atom. The van der Waals surface area contributed by atoms with Gasteiger partial charge >= 0.3 is 17.9 Å². The number of esters is 3. The van der Waals surface area contributed by atoms with Gasteiger partial charge < -0.3 is 14.2 Å². The molecule has 0 aromatic carbocycles. The first-order valence-electron chi connectivity index (χ1n) is 23.0. The lowest BCUT2D eigenvalue weighted by molar-refractivity contribution is -0.167. The first kappa shape index (κ1) is 51.6. The molecule has 0 aliphatic rings. The predicted octanol–water partition coefficient (Wildman–Crippen LogP) is 14.6. The van der Waals surface area contributed by atoms with E-state index in [1.165, 1.54) is 122 Å². The van der Waals surface area contributed by atoms with E-state index in [1.807, 2.05) is 0 Å². The van der Waals surface area contributed by atoms with Gasteiger partial charge in [0.15, 0.2) is 6.10 Å². The van der Waals surface area contributed by atoms with E-state index >= 15 is 0 Å². The normalized spacial score (nSPS) is 12.3. The highest BCUT2D eigenvalue weighted by atomic mass is 16.6. The molecule has 0 amide bonds. The molecule has 0 aromatic rings. The maximum Gasteiger partial charge on any atom is 0.306 e. The summed E-state index contributed by atoms with van der Waals surface area (Å²) in [6.45, 7) is 6.48. The van der Waals surface area contributed by atoms with Crippen LogP contribution in [0.4, 0.5) is 0 Å². The van der Waals surface area contributed by atoms with Gasteiger partial charge in [0.05, 0.1) is 0 Å². The Hall–Kier alpha value is -2.37. The molecule has 0 spiro atoms. The largest absolute Gasteiger partial charge is 0.462 e. The molecule has 6 heteroatoms. The van der Waals surface area contributed by atoms with E-state index in [0.29, 0.717) is 19.3 Å². The van der Waals surface area contributed by atoms with Gasteiger partial charge in [-0.05, 0) is 38.5 Å². The van der Waals surface area contributed by atoms with Crippen molar-refractivity contribution in [3.8, 4) is 0 Å². The number of hydrogen-bond donors (Lipinski definition) is 0. The lowest BCUT2D eigenvalue weighted by Crippen LogP contribution is -2.30. The first-order chi connectivity index (χ1) is 26.5. The van der Waals surface area contributed by atoms with Crippen LogP contribution >= 0.6 is 0 Å². The molecule has 1 atom stereocenters. The molecular weight excluding hydrogens is 673 g/mol. The molecule has 0 bridgehead atoms. The molecule has 0 rings (SSSR count). The Bertz CT molecular complexity index is 922. The van der Waals surface area contributed by atoms with Crippen LogP contribution in [-0.4, -0.2) is 37.2 Å². The second kappa shape index (κ2) is 43.4. The Labute approximate surface area is 334 Å². The molecule has 0 aliphatic heterocycles. The van der Waals surface area contributed by atoms with E-state index in [0.717, 1.165) is 70.6 Å². The Kier molecular flexibility index (Phi) is 41.5. The molecule has 0 fully saturated rings. The summed E-state index contributed by atoms with van der Waals surface area (Å²) in [5, 5.41) is 0. The third kappa shape index (κ3) is 40.8. The van der Waals surface area contributed by atoms with Crippen LogP contribution in [-0.2, 0) is 28.6 Å². The van der Waals surface area contributed by atoms with Crippen molar-refractivity contribution < 1.29 is 28.6 Å². The Morgan fingerprint density at radius 1 is 0.389 bits per heavy atom. The fourth-order valence-electron chi connectivity index (χ4n) is 6.50. The van der Waals surface area contributed by atoms with Crippen LogP contribution in [0.15, 0.2) is 36.5 Å². The highest BCUT2D eigenvalue weighted by Gasteiger charge is 2.19. The van der Waals surface area contributed by atoms with Gasteiger partial charge in [0.25, 0.3) is 0 Å². The van der Waals surface area contributed by atoms with Crippen LogP contribution < -0.4 is 0 Å². The second-order valence-corrected chi connectivity index (χ2v) is 15.4. The average Bonchev–Trinajstić information content (AvgIpc) is 3.17. The van der Waals surface area contributed by atoms with Gasteiger partial charge in [0, 0.05) is 19.3 Å². The summed E-state index contributed by atoms with van der Waals surface area (Å²) in [5.74, 6) is -0.884. The lowest BCUT2D eigenvalue weighted by Gasteiger charge is -2.18. The Balaban J connectivity index is 4.34. The van der Waals surface area contributed by atoms with Gasteiger partial charge in [-0.1, -0.05) is 211 Å². The van der Waals surface area contributed by atoms with Crippen LogP contribution in [0.5, 0.6) is 0 Å². The van der Waals surface area contributed by atoms with Crippen LogP contribution in [0.1, 0.15) is 233 Å². The molecular formula is C48H86O6. The highest BCUT2D eigenvalue weighted by molar-refractivity contribution is 5.71. The van der Waals surface area contributed by atoms with E-state index in [4.69, 9.17) is 14.2 Å². The second-order valence-electron chi connectivity index (χ2n) is 15.4. The zero-order valence-electron chi connectivity index (χ0n) is 35.7. The van der Waals surface area contributed by atoms with Gasteiger partial charge in [0.1, 0.15) is 13.2 Å². The van der Waals surface area contributed by atoms with Crippen LogP contribution in [0, 0.1) is 0 Å². The summed E-state index contributed by atoms with van der Waals surface area (Å²) in [7, 11) is 0. The van der Waals surface area contributed by atoms with Crippen LogP contribution in [0.3, 0.4) is 0 Å². The number of carbonyl (C=O) groups is 3. The molecule has 314 valence electrons. The van der Waals surface area contributed by atoms with Crippen LogP contribution in [0.25, 0.3) is 0 Å². The molecule has 0 heterocycles. The van der Waals surface area contributed by atoms with Crippen molar-refractivity contribution in [1.82, 2.24) is 0 Å². The average molecular weight is 759 g/mol. The zero-order chi connectivity index (χ0) is 39.4. The SMILES string of the molecule is CC\C=C/C=C\C=C/CCCCCCCCCC(=O)OCC(COC(=O)CCCCCCCCCCC)OC(=O)CCCCCCCCCCCCCC. The molecule has 0 aromatic heterocycles. The number of rotatable bonds is 41. The van der Waals surface area contributed by atoms with Crippen molar-refractivity contribution >= 4 is 17.9 Å². The van der Waals surface area contributed by atoms with Gasteiger partial charge in [-0.3, -0.25) is 14.4 Å². The minimum absolute atomic E-state index is 0.0729. The standard InChI is InChI=1S/C48H86O6/c1-4-7-10-13-16-19-21-23-24-25-27-29-32-35-38-41-47(50)53-44-45(43-52-46(49)40-37-34-31-28-18-15-12-9-6-3)54-48(51)42-39-36-33-30-26-22-20-17-14-11-8-5-2/h7,10,13,16,19,21,45H,4-6,8-9,11-12,14-15,17-18,20,22-44H2,1-3H3/b10-7-,16-13-,21-19-. The number of ether oxygens (including phenoxy) is 3. The maximum absolute atomic E-state index is 12.7. The third-order valence-electron chi connectivity index (χ3n) is 9.97. The molecule has 0 saturated carbocycles. The van der Waals surface area contributed by atoms with Gasteiger partial charge in [-0.2, -0.15) is 0 Å². The van der Waals surface area contributed by atoms with E-state index in [1.54, 1.807) is 0 Å². The number of unbranched alkanes of at least 4 members (excludes halogenated alkanes) is 26. The summed E-state index contributed by atoms with van der Waals surface area (Å²) in [6.07, 6.45) is 48.4. The molecule has 1 unspecified atom stereocenters. The summed E-state index contributed by atoms with van der Waals surface area (Å²) in [5.41, 5.74) is 0. The number of hydrogen-bond acceptors (Lipinski definition) is 6. The molecule has 0 radical (unpaired) electrons. The Morgan fingerprint density at radius 2 is 0.722 bits per heavy atom. The minimum Gasteiger partial charge on any atom is -0.462 e. The summed E-state index contributed by atoms with van der Waals surface area (Å²) < 4.78 is 16.7. The highest BCUT2D eigenvalue weighted by Crippen LogP contribution is 2.15. The first-order valence-corrected chi connectivity index (χ1v) is 23.0. The van der Waals surface area contributed by atoms with Crippen molar-refractivity contribution in [1.29, 1.82) is 0 Å². The van der Waals surface area contributed by atoms with E-state index in [2.05, 4.69) is 57.2 Å². The minimum atomic E-state index is -0.769. The molecule has 54 heavy (non-hydrogen) atoms. The third-order valence-corrected chi connectivity index (χ3v) is 9.97. The quantitative estimate of drug-likeness (QED) is 0.0267. The van der Waals surface area contributed by atoms with Crippen molar-refractivity contribution in [3.63, 3.8) is 0 Å². The van der Waals surface area contributed by atoms with Gasteiger partial charge in [-0.15, -0.1) is 0 Å². The smallest absolute Gasteiger partial charge is 0.306 e. The zero-order valence-corrected chi connectivity index (χ0v) is 35.7. The summed E-state index contributed by atoms with van der Waals surface area (Å²) in [6, 6.07) is 0. The molecule has 6 nitrogen and oxygen atoms in total. The summed E-state index contributed by atoms with van der Waals surface area (Å²) >= 11 is 0.